The van der Waals surface area contributed by atoms with Crippen molar-refractivity contribution >= 4 is 23.5 Å². The average molecular weight is 437 g/mol. The Balaban J connectivity index is 1.53. The molecule has 0 spiro atoms. The first-order valence-electron chi connectivity index (χ1n) is 11.1. The number of benzene rings is 2. The van der Waals surface area contributed by atoms with Crippen molar-refractivity contribution in [3.8, 4) is 0 Å². The van der Waals surface area contributed by atoms with Gasteiger partial charge in [-0.1, -0.05) is 42.5 Å². The van der Waals surface area contributed by atoms with Crippen molar-refractivity contribution in [2.75, 3.05) is 18.4 Å². The first kappa shape index (κ1) is 23.3. The predicted octanol–water partition coefficient (Wildman–Crippen LogP) is 3.16. The number of urea groups is 1. The molecule has 0 aliphatic carbocycles. The standard InChI is InChI=1S/C25H32N4O3/c1-17-8-4-6-10-20(17)16-23(26-19(3)30)24(31)27-21-12-14-29(15-13-21)25(32)28-22-11-7-5-9-18(22)2/h4-11,21,23H,12-16H2,1-3H3,(H,26,30)(H,27,31)(H,28,32). The van der Waals surface area contributed by atoms with Crippen molar-refractivity contribution in [1.29, 1.82) is 0 Å². The van der Waals surface area contributed by atoms with Gasteiger partial charge in [0, 0.05) is 38.2 Å². The van der Waals surface area contributed by atoms with E-state index in [1.165, 1.54) is 6.92 Å². The Morgan fingerprint density at radius 1 is 0.969 bits per heavy atom. The highest BCUT2D eigenvalue weighted by Crippen LogP contribution is 2.17. The highest BCUT2D eigenvalue weighted by Gasteiger charge is 2.27. The molecule has 2 aromatic carbocycles. The number of amides is 4. The molecule has 3 N–H and O–H groups in total. The topological polar surface area (TPSA) is 90.5 Å². The number of carbonyl (C=O) groups is 3. The van der Waals surface area contributed by atoms with Crippen molar-refractivity contribution in [2.45, 2.75) is 52.1 Å². The van der Waals surface area contributed by atoms with Gasteiger partial charge in [0.2, 0.25) is 11.8 Å². The quantitative estimate of drug-likeness (QED) is 0.650. The summed E-state index contributed by atoms with van der Waals surface area (Å²) < 4.78 is 0. The number of carbonyl (C=O) groups excluding carboxylic acids is 3. The van der Waals surface area contributed by atoms with E-state index in [-0.39, 0.29) is 23.9 Å². The van der Waals surface area contributed by atoms with E-state index in [1.807, 2.05) is 62.4 Å². The number of rotatable bonds is 6. The number of para-hydroxylation sites is 1. The van der Waals surface area contributed by atoms with Gasteiger partial charge in [-0.2, -0.15) is 0 Å². The zero-order valence-electron chi connectivity index (χ0n) is 19.0. The van der Waals surface area contributed by atoms with Crippen molar-refractivity contribution in [1.82, 2.24) is 15.5 Å². The van der Waals surface area contributed by atoms with Crippen LogP contribution in [0.5, 0.6) is 0 Å². The summed E-state index contributed by atoms with van der Waals surface area (Å²) in [5.41, 5.74) is 3.94. The molecule has 32 heavy (non-hydrogen) atoms. The molecule has 1 saturated heterocycles. The van der Waals surface area contributed by atoms with Crippen LogP contribution in [0.3, 0.4) is 0 Å². The van der Waals surface area contributed by atoms with Crippen molar-refractivity contribution in [3.05, 3.63) is 65.2 Å². The molecular formula is C25H32N4O3. The SMILES string of the molecule is CC(=O)NC(Cc1ccccc1C)C(=O)NC1CCN(C(=O)Nc2ccccc2C)CC1. The van der Waals surface area contributed by atoms with E-state index in [9.17, 15) is 14.4 Å². The number of nitrogens with one attached hydrogen (secondary N) is 3. The molecule has 1 aliphatic rings. The Labute approximate surface area is 189 Å². The van der Waals surface area contributed by atoms with E-state index in [4.69, 9.17) is 0 Å². The Hall–Kier alpha value is -3.35. The lowest BCUT2D eigenvalue weighted by molar-refractivity contribution is -0.128. The molecule has 1 fully saturated rings. The summed E-state index contributed by atoms with van der Waals surface area (Å²) in [4.78, 5) is 39.0. The molecule has 1 atom stereocenters. The summed E-state index contributed by atoms with van der Waals surface area (Å²) in [6, 6.07) is 14.8. The second-order valence-electron chi connectivity index (χ2n) is 8.40. The van der Waals surface area contributed by atoms with Crippen LogP contribution in [0.15, 0.2) is 48.5 Å². The molecule has 0 radical (unpaired) electrons. The Kier molecular flexibility index (Phi) is 7.87. The summed E-state index contributed by atoms with van der Waals surface area (Å²) in [7, 11) is 0. The largest absolute Gasteiger partial charge is 0.351 e. The monoisotopic (exact) mass is 436 g/mol. The van der Waals surface area contributed by atoms with Crippen LogP contribution in [0, 0.1) is 13.8 Å². The van der Waals surface area contributed by atoms with Crippen LogP contribution in [0.25, 0.3) is 0 Å². The van der Waals surface area contributed by atoms with E-state index in [1.54, 1.807) is 4.90 Å². The van der Waals surface area contributed by atoms with Crippen LogP contribution in [0.4, 0.5) is 10.5 Å². The van der Waals surface area contributed by atoms with Crippen LogP contribution in [-0.2, 0) is 16.0 Å². The second kappa shape index (κ2) is 10.8. The number of anilines is 1. The molecular weight excluding hydrogens is 404 g/mol. The van der Waals surface area contributed by atoms with Crippen LogP contribution < -0.4 is 16.0 Å². The molecule has 0 bridgehead atoms. The van der Waals surface area contributed by atoms with Gasteiger partial charge in [0.25, 0.3) is 0 Å². The zero-order valence-corrected chi connectivity index (χ0v) is 19.0. The maximum absolute atomic E-state index is 12.9. The van der Waals surface area contributed by atoms with E-state index >= 15 is 0 Å². The lowest BCUT2D eigenvalue weighted by Crippen LogP contribution is -2.53. The van der Waals surface area contributed by atoms with Crippen LogP contribution in [0.2, 0.25) is 0 Å². The fourth-order valence-electron chi connectivity index (χ4n) is 3.95. The van der Waals surface area contributed by atoms with Gasteiger partial charge in [0.05, 0.1) is 0 Å². The second-order valence-corrected chi connectivity index (χ2v) is 8.40. The third-order valence-corrected chi connectivity index (χ3v) is 5.89. The first-order chi connectivity index (χ1) is 15.3. The molecule has 1 unspecified atom stereocenters. The molecule has 7 heteroatoms. The highest BCUT2D eigenvalue weighted by molar-refractivity contribution is 5.90. The van der Waals surface area contributed by atoms with E-state index in [2.05, 4.69) is 16.0 Å². The number of nitrogens with zero attached hydrogens (tertiary/aromatic N) is 1. The lowest BCUT2D eigenvalue weighted by Gasteiger charge is -2.33. The molecule has 1 aliphatic heterocycles. The first-order valence-corrected chi connectivity index (χ1v) is 11.1. The van der Waals surface area contributed by atoms with Gasteiger partial charge in [-0.05, 0) is 49.4 Å². The van der Waals surface area contributed by atoms with Crippen molar-refractivity contribution in [2.24, 2.45) is 0 Å². The summed E-state index contributed by atoms with van der Waals surface area (Å²) in [5, 5.41) is 8.81. The average Bonchev–Trinajstić information content (AvgIpc) is 2.76. The molecule has 2 aromatic rings. The molecule has 170 valence electrons. The highest BCUT2D eigenvalue weighted by atomic mass is 16.2. The van der Waals surface area contributed by atoms with Gasteiger partial charge in [-0.15, -0.1) is 0 Å². The minimum Gasteiger partial charge on any atom is -0.351 e. The number of hydrogen-bond donors (Lipinski definition) is 3. The minimum absolute atomic E-state index is 0.0295. The summed E-state index contributed by atoms with van der Waals surface area (Å²) in [6.07, 6.45) is 1.78. The van der Waals surface area contributed by atoms with Gasteiger partial charge < -0.3 is 20.9 Å². The molecule has 3 rings (SSSR count). The summed E-state index contributed by atoms with van der Waals surface area (Å²) in [5.74, 6) is -0.423. The van der Waals surface area contributed by atoms with E-state index in [0.717, 1.165) is 22.4 Å². The third kappa shape index (κ3) is 6.33. The third-order valence-electron chi connectivity index (χ3n) is 5.89. The van der Waals surface area contributed by atoms with Crippen molar-refractivity contribution < 1.29 is 14.4 Å². The summed E-state index contributed by atoms with van der Waals surface area (Å²) >= 11 is 0. The minimum atomic E-state index is -0.629. The van der Waals surface area contributed by atoms with Gasteiger partial charge in [-0.3, -0.25) is 9.59 Å². The molecule has 4 amide bonds. The van der Waals surface area contributed by atoms with Crippen LogP contribution in [-0.4, -0.2) is 47.9 Å². The van der Waals surface area contributed by atoms with E-state index in [0.29, 0.717) is 32.4 Å². The van der Waals surface area contributed by atoms with E-state index < -0.39 is 6.04 Å². The maximum atomic E-state index is 12.9. The van der Waals surface area contributed by atoms with Gasteiger partial charge in [0.1, 0.15) is 6.04 Å². The number of likely N-dealkylation sites (tertiary alicyclic amines) is 1. The molecule has 0 aromatic heterocycles. The maximum Gasteiger partial charge on any atom is 0.321 e. The fourth-order valence-corrected chi connectivity index (χ4v) is 3.95. The lowest BCUT2D eigenvalue weighted by atomic mass is 9.99. The molecule has 0 saturated carbocycles. The van der Waals surface area contributed by atoms with Crippen LogP contribution in [0.1, 0.15) is 36.5 Å². The number of piperidine rings is 1. The Bertz CT molecular complexity index is 967. The van der Waals surface area contributed by atoms with Gasteiger partial charge in [0.15, 0.2) is 0 Å². The number of hydrogen-bond acceptors (Lipinski definition) is 3. The van der Waals surface area contributed by atoms with Gasteiger partial charge >= 0.3 is 6.03 Å². The normalized spacial score (nSPS) is 15.0. The number of aryl methyl sites for hydroxylation is 2. The van der Waals surface area contributed by atoms with Gasteiger partial charge in [-0.25, -0.2) is 4.79 Å². The Morgan fingerprint density at radius 3 is 2.22 bits per heavy atom. The van der Waals surface area contributed by atoms with Crippen LogP contribution >= 0.6 is 0 Å². The fraction of sp³-hybridized carbons (Fsp3) is 0.400. The molecule has 7 nitrogen and oxygen atoms in total. The molecule has 1 heterocycles. The zero-order chi connectivity index (χ0) is 23.1. The smallest absolute Gasteiger partial charge is 0.321 e. The summed E-state index contributed by atoms with van der Waals surface area (Å²) in [6.45, 7) is 6.50. The van der Waals surface area contributed by atoms with Crippen molar-refractivity contribution in [3.63, 3.8) is 0 Å². The predicted molar refractivity (Wildman–Crippen MR) is 125 cm³/mol. The Morgan fingerprint density at radius 2 is 1.59 bits per heavy atom.